The van der Waals surface area contributed by atoms with Gasteiger partial charge in [0.2, 0.25) is 5.91 Å². The maximum absolute atomic E-state index is 12.6. The van der Waals surface area contributed by atoms with Crippen LogP contribution in [0.1, 0.15) is 12.0 Å². The fourth-order valence-electron chi connectivity index (χ4n) is 2.27. The number of rotatable bonds is 5. The first kappa shape index (κ1) is 13.9. The molecule has 1 aliphatic rings. The Morgan fingerprint density at radius 1 is 1.47 bits per heavy atom. The number of pyridine rings is 1. The van der Waals surface area contributed by atoms with Crippen LogP contribution in [0.5, 0.6) is 0 Å². The second kappa shape index (κ2) is 5.64. The van der Waals surface area contributed by atoms with E-state index < -0.39 is 21.9 Å². The number of carbonyl (C=O) groups excluding carboxylic acids is 1. The summed E-state index contributed by atoms with van der Waals surface area (Å²) < 4.78 is 33.7. The summed E-state index contributed by atoms with van der Waals surface area (Å²) in [5.41, 5.74) is 1.01. The van der Waals surface area contributed by atoms with Crippen LogP contribution in [0.25, 0.3) is 0 Å². The minimum Gasteiger partial charge on any atom is -0.342 e. The number of hydrogen-bond acceptors (Lipinski definition) is 4. The van der Waals surface area contributed by atoms with Gasteiger partial charge >= 0.3 is 10.2 Å². The molecule has 1 atom stereocenters. The van der Waals surface area contributed by atoms with Crippen molar-refractivity contribution in [2.24, 2.45) is 5.92 Å². The van der Waals surface area contributed by atoms with Crippen LogP contribution in [0.2, 0.25) is 0 Å². The molecule has 1 amide bonds. The highest BCUT2D eigenvalue weighted by Crippen LogP contribution is 2.20. The lowest BCUT2D eigenvalue weighted by Gasteiger charge is -2.16. The van der Waals surface area contributed by atoms with Crippen LogP contribution in [0.15, 0.2) is 24.5 Å². The molecule has 0 aromatic carbocycles. The first-order chi connectivity index (χ1) is 8.94. The quantitative estimate of drug-likeness (QED) is 0.750. The second-order valence-electron chi connectivity index (χ2n) is 4.73. The molecule has 2 heterocycles. The highest BCUT2D eigenvalue weighted by Gasteiger charge is 2.32. The van der Waals surface area contributed by atoms with Gasteiger partial charge in [0.25, 0.3) is 0 Å². The molecule has 7 heteroatoms. The van der Waals surface area contributed by atoms with Gasteiger partial charge in [-0.1, -0.05) is 6.07 Å². The van der Waals surface area contributed by atoms with Gasteiger partial charge in [-0.05, 0) is 18.1 Å². The van der Waals surface area contributed by atoms with Crippen LogP contribution in [0.3, 0.4) is 0 Å². The summed E-state index contributed by atoms with van der Waals surface area (Å²) in [5.74, 6) is -1.11. The highest BCUT2D eigenvalue weighted by molar-refractivity contribution is 7.86. The van der Waals surface area contributed by atoms with E-state index in [-0.39, 0.29) is 12.3 Å². The molecule has 1 saturated heterocycles. The van der Waals surface area contributed by atoms with Crippen molar-refractivity contribution >= 4 is 16.1 Å². The molecule has 0 spiro atoms. The monoisotopic (exact) mass is 286 g/mol. The summed E-state index contributed by atoms with van der Waals surface area (Å²) >= 11 is 0. The Bertz CT molecular complexity index is 547. The van der Waals surface area contributed by atoms with Crippen LogP contribution in [-0.2, 0) is 21.4 Å². The predicted molar refractivity (Wildman–Crippen MR) is 67.5 cm³/mol. The minimum atomic E-state index is -4.51. The molecule has 5 nitrogen and oxygen atoms in total. The lowest BCUT2D eigenvalue weighted by atomic mass is 10.1. The largest absolute Gasteiger partial charge is 0.342 e. The first-order valence-corrected chi connectivity index (χ1v) is 7.58. The summed E-state index contributed by atoms with van der Waals surface area (Å²) in [6, 6.07) is 3.73. The fraction of sp³-hybridized carbons (Fsp3) is 0.500. The molecule has 0 saturated carbocycles. The van der Waals surface area contributed by atoms with E-state index in [2.05, 4.69) is 4.98 Å². The Labute approximate surface area is 111 Å². The van der Waals surface area contributed by atoms with Crippen LogP contribution < -0.4 is 0 Å². The van der Waals surface area contributed by atoms with Crippen molar-refractivity contribution < 1.29 is 17.1 Å². The molecule has 1 aliphatic heterocycles. The van der Waals surface area contributed by atoms with Crippen molar-refractivity contribution in [2.45, 2.75) is 12.8 Å². The Balaban J connectivity index is 1.87. The average molecular weight is 286 g/mol. The number of likely N-dealkylation sites (tertiary alicyclic amines) is 1. The maximum Gasteiger partial charge on any atom is 0.302 e. The smallest absolute Gasteiger partial charge is 0.302 e. The van der Waals surface area contributed by atoms with E-state index in [0.29, 0.717) is 19.5 Å². The molecule has 0 bridgehead atoms. The molecular formula is C12H15FN2O3S. The molecule has 0 radical (unpaired) electrons. The molecule has 1 aromatic heterocycles. The zero-order chi connectivity index (χ0) is 13.9. The standard InChI is InChI=1S/C12H15FN2O3S/c13-19(17,18)9-11-6-12(16)15(8-11)5-3-10-2-1-4-14-7-10/h1-2,4,7,11H,3,5-6,8-9H2. The van der Waals surface area contributed by atoms with E-state index in [4.69, 9.17) is 0 Å². The molecule has 104 valence electrons. The van der Waals surface area contributed by atoms with E-state index in [1.165, 1.54) is 0 Å². The second-order valence-corrected chi connectivity index (χ2v) is 6.14. The summed E-state index contributed by atoms with van der Waals surface area (Å²) in [5, 5.41) is 0. The number of halogens is 1. The molecular weight excluding hydrogens is 271 g/mol. The molecule has 1 unspecified atom stereocenters. The number of nitrogens with zero attached hydrogens (tertiary/aromatic N) is 2. The Morgan fingerprint density at radius 2 is 2.26 bits per heavy atom. The zero-order valence-corrected chi connectivity index (χ0v) is 11.1. The molecule has 1 fully saturated rings. The lowest BCUT2D eigenvalue weighted by Crippen LogP contribution is -2.28. The Hall–Kier alpha value is -1.50. The summed E-state index contributed by atoms with van der Waals surface area (Å²) in [6.07, 6.45) is 4.17. The van der Waals surface area contributed by atoms with Gasteiger partial charge in [0, 0.05) is 37.8 Å². The van der Waals surface area contributed by atoms with E-state index in [1.807, 2.05) is 12.1 Å². The Morgan fingerprint density at radius 3 is 2.89 bits per heavy atom. The first-order valence-electron chi connectivity index (χ1n) is 6.03. The lowest BCUT2D eigenvalue weighted by molar-refractivity contribution is -0.127. The van der Waals surface area contributed by atoms with Crippen LogP contribution in [0, 0.1) is 5.92 Å². The van der Waals surface area contributed by atoms with Gasteiger partial charge in [-0.2, -0.15) is 8.42 Å². The SMILES string of the molecule is O=C1CC(CS(=O)(=O)F)CN1CCc1cccnc1. The Kier molecular flexibility index (Phi) is 4.14. The van der Waals surface area contributed by atoms with Crippen LogP contribution in [-0.4, -0.2) is 43.1 Å². The predicted octanol–water partition coefficient (Wildman–Crippen LogP) is 0.772. The van der Waals surface area contributed by atoms with Crippen molar-refractivity contribution in [3.05, 3.63) is 30.1 Å². The van der Waals surface area contributed by atoms with E-state index >= 15 is 0 Å². The van der Waals surface area contributed by atoms with Crippen molar-refractivity contribution in [1.29, 1.82) is 0 Å². The molecule has 2 rings (SSSR count). The normalized spacial score (nSPS) is 19.9. The molecule has 0 N–H and O–H groups in total. The fourth-order valence-corrected chi connectivity index (χ4v) is 3.06. The third-order valence-electron chi connectivity index (χ3n) is 3.12. The van der Waals surface area contributed by atoms with Gasteiger partial charge < -0.3 is 4.90 Å². The number of amides is 1. The third-order valence-corrected chi connectivity index (χ3v) is 3.99. The van der Waals surface area contributed by atoms with Gasteiger partial charge in [0.05, 0.1) is 5.75 Å². The van der Waals surface area contributed by atoms with E-state index in [9.17, 15) is 17.1 Å². The summed E-state index contributed by atoms with van der Waals surface area (Å²) in [4.78, 5) is 17.3. The zero-order valence-electron chi connectivity index (χ0n) is 10.3. The number of hydrogen-bond donors (Lipinski definition) is 0. The molecule has 0 aliphatic carbocycles. The maximum atomic E-state index is 12.6. The van der Waals surface area contributed by atoms with Crippen molar-refractivity contribution in [1.82, 2.24) is 9.88 Å². The summed E-state index contributed by atoms with van der Waals surface area (Å²) in [6.45, 7) is 0.815. The topological polar surface area (TPSA) is 67.3 Å². The number of aromatic nitrogens is 1. The van der Waals surface area contributed by atoms with E-state index in [1.54, 1.807) is 17.3 Å². The van der Waals surface area contributed by atoms with Crippen LogP contribution >= 0.6 is 0 Å². The van der Waals surface area contributed by atoms with Crippen molar-refractivity contribution in [2.75, 3.05) is 18.8 Å². The van der Waals surface area contributed by atoms with E-state index in [0.717, 1.165) is 5.56 Å². The minimum absolute atomic E-state index is 0.107. The van der Waals surface area contributed by atoms with Gasteiger partial charge in [0.15, 0.2) is 0 Å². The van der Waals surface area contributed by atoms with Crippen molar-refractivity contribution in [3.8, 4) is 0 Å². The summed E-state index contributed by atoms with van der Waals surface area (Å²) in [7, 11) is -4.51. The van der Waals surface area contributed by atoms with Gasteiger partial charge in [0.1, 0.15) is 0 Å². The number of carbonyl (C=O) groups is 1. The van der Waals surface area contributed by atoms with Gasteiger partial charge in [-0.3, -0.25) is 9.78 Å². The third kappa shape index (κ3) is 4.27. The van der Waals surface area contributed by atoms with Crippen LogP contribution in [0.4, 0.5) is 3.89 Å². The molecule has 19 heavy (non-hydrogen) atoms. The van der Waals surface area contributed by atoms with Gasteiger partial charge in [-0.25, -0.2) is 0 Å². The molecule has 1 aromatic rings. The van der Waals surface area contributed by atoms with Gasteiger partial charge in [-0.15, -0.1) is 3.89 Å². The van der Waals surface area contributed by atoms with Crippen molar-refractivity contribution in [3.63, 3.8) is 0 Å². The highest BCUT2D eigenvalue weighted by atomic mass is 32.3. The average Bonchev–Trinajstić information content (AvgIpc) is 2.66.